The van der Waals surface area contributed by atoms with Gasteiger partial charge in [0, 0.05) is 25.8 Å². The van der Waals surface area contributed by atoms with Gasteiger partial charge in [-0.25, -0.2) is 0 Å². The van der Waals surface area contributed by atoms with Crippen molar-refractivity contribution in [3.05, 3.63) is 16.9 Å². The summed E-state index contributed by atoms with van der Waals surface area (Å²) in [6, 6.07) is 0. The lowest BCUT2D eigenvalue weighted by Gasteiger charge is -2.36. The molecule has 0 aromatic carbocycles. The number of pyridine rings is 1. The second-order valence-electron chi connectivity index (χ2n) is 6.00. The Balaban J connectivity index is 1.58. The predicted molar refractivity (Wildman–Crippen MR) is 87.0 cm³/mol. The van der Waals surface area contributed by atoms with Crippen LogP contribution < -0.4 is 10.6 Å². The maximum atomic E-state index is 6.08. The van der Waals surface area contributed by atoms with E-state index in [2.05, 4.69) is 30.7 Å². The van der Waals surface area contributed by atoms with E-state index in [9.17, 15) is 0 Å². The van der Waals surface area contributed by atoms with Gasteiger partial charge in [-0.15, -0.1) is 0 Å². The minimum Gasteiger partial charge on any atom is -0.396 e. The largest absolute Gasteiger partial charge is 0.396 e. The summed E-state index contributed by atoms with van der Waals surface area (Å²) >= 11 is 3.58. The van der Waals surface area contributed by atoms with Crippen molar-refractivity contribution in [3.63, 3.8) is 0 Å². The normalized spacial score (nSPS) is 21.6. The first-order valence-corrected chi connectivity index (χ1v) is 8.39. The first-order valence-electron chi connectivity index (χ1n) is 7.60. The summed E-state index contributed by atoms with van der Waals surface area (Å²) in [4.78, 5) is 9.16. The molecule has 5 heteroatoms. The summed E-state index contributed by atoms with van der Waals surface area (Å²) in [6.07, 6.45) is 8.90. The van der Waals surface area contributed by atoms with Crippen molar-refractivity contribution in [2.45, 2.75) is 25.7 Å². The van der Waals surface area contributed by atoms with E-state index in [1.54, 1.807) is 6.20 Å². The smallest absolute Gasteiger partial charge is 0.0776 e. The van der Waals surface area contributed by atoms with Crippen molar-refractivity contribution >= 4 is 27.3 Å². The molecule has 0 unspecified atom stereocenters. The van der Waals surface area contributed by atoms with Crippen LogP contribution in [-0.2, 0) is 0 Å². The molecule has 0 saturated carbocycles. The van der Waals surface area contributed by atoms with Gasteiger partial charge >= 0.3 is 0 Å². The van der Waals surface area contributed by atoms with Crippen LogP contribution in [0.25, 0.3) is 0 Å². The fourth-order valence-electron chi connectivity index (χ4n) is 3.45. The summed E-state index contributed by atoms with van der Waals surface area (Å²) in [7, 11) is 0. The van der Waals surface area contributed by atoms with Gasteiger partial charge in [-0.05, 0) is 60.6 Å². The zero-order chi connectivity index (χ0) is 13.9. The summed E-state index contributed by atoms with van der Waals surface area (Å²) in [5.74, 6) is 0.853. The van der Waals surface area contributed by atoms with Crippen molar-refractivity contribution in [1.29, 1.82) is 0 Å². The maximum absolute atomic E-state index is 6.08. The van der Waals surface area contributed by atoms with E-state index < -0.39 is 0 Å². The third-order valence-electron chi connectivity index (χ3n) is 4.55. The molecule has 1 aromatic rings. The Bertz CT molecular complexity index is 431. The molecule has 0 atom stereocenters. The van der Waals surface area contributed by atoms with Gasteiger partial charge in [0.15, 0.2) is 0 Å². The Morgan fingerprint density at radius 2 is 1.85 bits per heavy atom. The van der Waals surface area contributed by atoms with Crippen molar-refractivity contribution in [1.82, 2.24) is 9.88 Å². The van der Waals surface area contributed by atoms with Crippen LogP contribution in [0.15, 0.2) is 16.9 Å². The zero-order valence-electron chi connectivity index (χ0n) is 11.9. The molecular weight excluding hydrogens is 316 g/mol. The molecule has 3 heterocycles. The molecule has 0 spiro atoms. The molecule has 110 valence electrons. The van der Waals surface area contributed by atoms with Gasteiger partial charge in [0.25, 0.3) is 0 Å². The number of nitrogens with zero attached hydrogens (tertiary/aromatic N) is 3. The highest BCUT2D eigenvalue weighted by Gasteiger charge is 2.24. The second kappa shape index (κ2) is 6.31. The van der Waals surface area contributed by atoms with Crippen LogP contribution in [-0.4, -0.2) is 42.6 Å². The molecular formula is C15H23BrN4. The van der Waals surface area contributed by atoms with Crippen LogP contribution >= 0.6 is 15.9 Å². The molecule has 0 bridgehead atoms. The summed E-state index contributed by atoms with van der Waals surface area (Å²) in [5.41, 5.74) is 7.98. The average Bonchev–Trinajstić information content (AvgIpc) is 2.93. The highest BCUT2D eigenvalue weighted by atomic mass is 79.9. The predicted octanol–water partition coefficient (Wildman–Crippen LogP) is 2.74. The SMILES string of the molecule is Nc1cncc(Br)c1N1CCC(CN2CCCC2)CC1. The monoisotopic (exact) mass is 338 g/mol. The third kappa shape index (κ3) is 3.09. The molecule has 20 heavy (non-hydrogen) atoms. The first kappa shape index (κ1) is 14.1. The van der Waals surface area contributed by atoms with Gasteiger partial charge in [-0.2, -0.15) is 0 Å². The van der Waals surface area contributed by atoms with Crippen LogP contribution in [0.1, 0.15) is 25.7 Å². The van der Waals surface area contributed by atoms with E-state index in [-0.39, 0.29) is 0 Å². The van der Waals surface area contributed by atoms with Crippen LogP contribution in [0.4, 0.5) is 11.4 Å². The number of likely N-dealkylation sites (tertiary alicyclic amines) is 1. The highest BCUT2D eigenvalue weighted by molar-refractivity contribution is 9.10. The molecule has 4 nitrogen and oxygen atoms in total. The van der Waals surface area contributed by atoms with E-state index in [4.69, 9.17) is 5.73 Å². The second-order valence-corrected chi connectivity index (χ2v) is 6.85. The van der Waals surface area contributed by atoms with Crippen LogP contribution in [0.2, 0.25) is 0 Å². The van der Waals surface area contributed by atoms with Gasteiger partial charge in [-0.1, -0.05) is 0 Å². The lowest BCUT2D eigenvalue weighted by molar-refractivity contribution is 0.249. The third-order valence-corrected chi connectivity index (χ3v) is 5.13. The molecule has 0 radical (unpaired) electrons. The number of hydrogen-bond donors (Lipinski definition) is 1. The number of halogens is 1. The average molecular weight is 339 g/mol. The van der Waals surface area contributed by atoms with E-state index in [1.165, 1.54) is 45.3 Å². The molecule has 2 N–H and O–H groups in total. The van der Waals surface area contributed by atoms with Crippen LogP contribution in [0, 0.1) is 5.92 Å². The van der Waals surface area contributed by atoms with Crippen LogP contribution in [0.3, 0.4) is 0 Å². The van der Waals surface area contributed by atoms with E-state index in [0.29, 0.717) is 0 Å². The summed E-state index contributed by atoms with van der Waals surface area (Å²) < 4.78 is 1.01. The molecule has 0 aliphatic carbocycles. The van der Waals surface area contributed by atoms with Crippen LogP contribution in [0.5, 0.6) is 0 Å². The van der Waals surface area contributed by atoms with E-state index >= 15 is 0 Å². The molecule has 0 amide bonds. The highest BCUT2D eigenvalue weighted by Crippen LogP contribution is 2.34. The van der Waals surface area contributed by atoms with Crippen molar-refractivity contribution in [2.75, 3.05) is 43.4 Å². The topological polar surface area (TPSA) is 45.4 Å². The fraction of sp³-hybridized carbons (Fsp3) is 0.667. The lowest BCUT2D eigenvalue weighted by atomic mass is 9.96. The molecule has 2 aliphatic rings. The first-order chi connectivity index (χ1) is 9.74. The van der Waals surface area contributed by atoms with E-state index in [0.717, 1.165) is 34.9 Å². The van der Waals surface area contributed by atoms with Gasteiger partial charge < -0.3 is 15.5 Å². The Labute approximate surface area is 129 Å². The number of rotatable bonds is 3. The number of nitrogens with two attached hydrogens (primary N) is 1. The summed E-state index contributed by atoms with van der Waals surface area (Å²) in [5, 5.41) is 0. The summed E-state index contributed by atoms with van der Waals surface area (Å²) in [6.45, 7) is 6.11. The zero-order valence-corrected chi connectivity index (χ0v) is 13.5. The number of anilines is 2. The molecule has 2 saturated heterocycles. The van der Waals surface area contributed by atoms with E-state index in [1.807, 2.05) is 6.20 Å². The number of piperidine rings is 1. The van der Waals surface area contributed by atoms with Gasteiger partial charge in [0.05, 0.1) is 22.0 Å². The minimum absolute atomic E-state index is 0.775. The molecule has 1 aromatic heterocycles. The van der Waals surface area contributed by atoms with Crippen molar-refractivity contribution in [2.24, 2.45) is 5.92 Å². The minimum atomic E-state index is 0.775. The van der Waals surface area contributed by atoms with Crippen molar-refractivity contribution in [3.8, 4) is 0 Å². The number of aromatic nitrogens is 1. The molecule has 2 aliphatic heterocycles. The van der Waals surface area contributed by atoms with Gasteiger partial charge in [0.2, 0.25) is 0 Å². The number of nitrogen functional groups attached to an aromatic ring is 1. The Kier molecular flexibility index (Phi) is 4.46. The number of hydrogen-bond acceptors (Lipinski definition) is 4. The van der Waals surface area contributed by atoms with Crippen molar-refractivity contribution < 1.29 is 0 Å². The molecule has 2 fully saturated rings. The maximum Gasteiger partial charge on any atom is 0.0776 e. The van der Waals surface area contributed by atoms with Gasteiger partial charge in [-0.3, -0.25) is 4.98 Å². The Morgan fingerprint density at radius 3 is 2.50 bits per heavy atom. The fourth-order valence-corrected chi connectivity index (χ4v) is 4.04. The molecule has 3 rings (SSSR count). The lowest BCUT2D eigenvalue weighted by Crippen LogP contribution is -2.38. The standard InChI is InChI=1S/C15H23BrN4/c16-13-9-18-10-14(17)15(13)20-7-3-12(4-8-20)11-19-5-1-2-6-19/h9-10,12H,1-8,11,17H2. The Morgan fingerprint density at radius 1 is 1.15 bits per heavy atom. The Hall–Kier alpha value is -0.810. The quantitative estimate of drug-likeness (QED) is 0.920. The van der Waals surface area contributed by atoms with Gasteiger partial charge in [0.1, 0.15) is 0 Å².